The minimum absolute atomic E-state index is 0.0419. The fourth-order valence-corrected chi connectivity index (χ4v) is 1.49. The van der Waals surface area contributed by atoms with E-state index in [-0.39, 0.29) is 16.9 Å². The van der Waals surface area contributed by atoms with E-state index in [1.54, 1.807) is 24.3 Å². The van der Waals surface area contributed by atoms with Crippen LogP contribution >= 0.6 is 0 Å². The van der Waals surface area contributed by atoms with Gasteiger partial charge in [0, 0.05) is 5.56 Å². The van der Waals surface area contributed by atoms with Crippen LogP contribution < -0.4 is 5.73 Å². The Kier molecular flexibility index (Phi) is 2.52. The Labute approximate surface area is 92.0 Å². The molecule has 0 saturated heterocycles. The summed E-state index contributed by atoms with van der Waals surface area (Å²) >= 11 is 0. The molecule has 0 fully saturated rings. The van der Waals surface area contributed by atoms with Crippen LogP contribution in [0, 0.1) is 17.1 Å². The van der Waals surface area contributed by atoms with E-state index in [9.17, 15) is 4.39 Å². The third-order valence-electron chi connectivity index (χ3n) is 2.24. The highest BCUT2D eigenvalue weighted by Crippen LogP contribution is 2.29. The lowest BCUT2D eigenvalue weighted by molar-refractivity contribution is 0.625. The normalized spacial score (nSPS) is 9.75. The van der Waals surface area contributed by atoms with Gasteiger partial charge in [-0.2, -0.15) is 5.26 Å². The summed E-state index contributed by atoms with van der Waals surface area (Å²) < 4.78 is 13.6. The van der Waals surface area contributed by atoms with Crippen LogP contribution in [0.15, 0.2) is 36.5 Å². The van der Waals surface area contributed by atoms with Gasteiger partial charge in [0.25, 0.3) is 0 Å². The number of halogens is 1. The molecule has 0 unspecified atom stereocenters. The fourth-order valence-electron chi connectivity index (χ4n) is 1.49. The average molecular weight is 213 g/mol. The van der Waals surface area contributed by atoms with Crippen molar-refractivity contribution in [2.45, 2.75) is 0 Å². The van der Waals surface area contributed by atoms with Crippen LogP contribution in [-0.4, -0.2) is 4.98 Å². The predicted molar refractivity (Wildman–Crippen MR) is 58.8 cm³/mol. The molecule has 0 aliphatic heterocycles. The van der Waals surface area contributed by atoms with Gasteiger partial charge in [-0.1, -0.05) is 30.3 Å². The van der Waals surface area contributed by atoms with Crippen molar-refractivity contribution in [1.29, 1.82) is 5.26 Å². The number of hydrogen-bond donors (Lipinski definition) is 1. The number of pyridine rings is 1. The minimum Gasteiger partial charge on any atom is -0.396 e. The molecule has 1 aromatic carbocycles. The minimum atomic E-state index is -0.525. The molecule has 0 spiro atoms. The van der Waals surface area contributed by atoms with Gasteiger partial charge >= 0.3 is 0 Å². The predicted octanol–water partition coefficient (Wildman–Crippen LogP) is 2.34. The number of nitrogens with two attached hydrogens (primary N) is 1. The van der Waals surface area contributed by atoms with Gasteiger partial charge in [-0.25, -0.2) is 9.37 Å². The Morgan fingerprint density at radius 1 is 1.25 bits per heavy atom. The maximum atomic E-state index is 13.6. The number of nitrogens with zero attached hydrogens (tertiary/aromatic N) is 2. The van der Waals surface area contributed by atoms with Crippen LogP contribution in [-0.2, 0) is 0 Å². The molecule has 78 valence electrons. The van der Waals surface area contributed by atoms with Crippen molar-refractivity contribution in [3.63, 3.8) is 0 Å². The topological polar surface area (TPSA) is 62.7 Å². The van der Waals surface area contributed by atoms with Crippen molar-refractivity contribution in [1.82, 2.24) is 4.98 Å². The zero-order valence-corrected chi connectivity index (χ0v) is 8.31. The summed E-state index contributed by atoms with van der Waals surface area (Å²) in [6, 6.07) is 10.7. The third-order valence-corrected chi connectivity index (χ3v) is 2.24. The molecule has 0 atom stereocenters. The highest BCUT2D eigenvalue weighted by atomic mass is 19.1. The summed E-state index contributed by atoms with van der Waals surface area (Å²) in [7, 11) is 0. The Balaban J connectivity index is 2.70. The molecule has 2 rings (SSSR count). The van der Waals surface area contributed by atoms with Crippen molar-refractivity contribution in [3.05, 3.63) is 48.0 Å². The molecule has 4 heteroatoms. The molecule has 0 saturated carbocycles. The van der Waals surface area contributed by atoms with Crippen molar-refractivity contribution in [2.24, 2.45) is 0 Å². The van der Waals surface area contributed by atoms with E-state index in [1.165, 1.54) is 0 Å². The van der Waals surface area contributed by atoms with Gasteiger partial charge in [0.2, 0.25) is 0 Å². The third kappa shape index (κ3) is 1.59. The molecule has 0 amide bonds. The first-order chi connectivity index (χ1) is 7.74. The van der Waals surface area contributed by atoms with Crippen molar-refractivity contribution in [2.75, 3.05) is 5.73 Å². The second-order valence-electron chi connectivity index (χ2n) is 3.22. The second kappa shape index (κ2) is 3.99. The number of hydrogen-bond acceptors (Lipinski definition) is 3. The van der Waals surface area contributed by atoms with Crippen LogP contribution in [0.2, 0.25) is 0 Å². The van der Waals surface area contributed by atoms with Gasteiger partial charge in [-0.3, -0.25) is 0 Å². The number of benzene rings is 1. The van der Waals surface area contributed by atoms with E-state index in [0.717, 1.165) is 6.20 Å². The first kappa shape index (κ1) is 10.1. The number of aromatic nitrogens is 1. The van der Waals surface area contributed by atoms with Crippen molar-refractivity contribution in [3.8, 4) is 17.2 Å². The SMILES string of the molecule is N#Cc1ncc(F)c(-c2ccccc2)c1N. The van der Waals surface area contributed by atoms with Crippen molar-refractivity contribution >= 4 is 5.69 Å². The summed E-state index contributed by atoms with van der Waals surface area (Å²) in [5.41, 5.74) is 6.69. The quantitative estimate of drug-likeness (QED) is 0.790. The highest BCUT2D eigenvalue weighted by Gasteiger charge is 2.13. The lowest BCUT2D eigenvalue weighted by Crippen LogP contribution is -2.00. The maximum Gasteiger partial charge on any atom is 0.164 e. The van der Waals surface area contributed by atoms with E-state index in [0.29, 0.717) is 5.56 Å². The molecule has 0 aliphatic rings. The fraction of sp³-hybridized carbons (Fsp3) is 0. The molecule has 2 aromatic rings. The zero-order valence-electron chi connectivity index (χ0n) is 8.31. The lowest BCUT2D eigenvalue weighted by atomic mass is 10.0. The van der Waals surface area contributed by atoms with E-state index in [1.807, 2.05) is 12.1 Å². The van der Waals surface area contributed by atoms with Crippen LogP contribution in [0.4, 0.5) is 10.1 Å². The van der Waals surface area contributed by atoms with E-state index < -0.39 is 5.82 Å². The number of rotatable bonds is 1. The van der Waals surface area contributed by atoms with Crippen LogP contribution in [0.25, 0.3) is 11.1 Å². The first-order valence-corrected chi connectivity index (χ1v) is 4.63. The standard InChI is InChI=1S/C12H8FN3/c13-9-7-16-10(6-14)12(15)11(9)8-4-2-1-3-5-8/h1-5,7H,15H2. The van der Waals surface area contributed by atoms with Gasteiger partial charge in [-0.15, -0.1) is 0 Å². The van der Waals surface area contributed by atoms with E-state index in [4.69, 9.17) is 11.0 Å². The average Bonchev–Trinajstić information content (AvgIpc) is 2.31. The molecule has 3 nitrogen and oxygen atoms in total. The molecule has 1 aromatic heterocycles. The molecule has 1 heterocycles. The number of nitrogen functional groups attached to an aromatic ring is 1. The van der Waals surface area contributed by atoms with E-state index >= 15 is 0 Å². The molecule has 16 heavy (non-hydrogen) atoms. The van der Waals surface area contributed by atoms with Gasteiger partial charge in [0.1, 0.15) is 6.07 Å². The Morgan fingerprint density at radius 2 is 1.94 bits per heavy atom. The molecule has 0 aliphatic carbocycles. The zero-order chi connectivity index (χ0) is 11.5. The van der Waals surface area contributed by atoms with Crippen LogP contribution in [0.3, 0.4) is 0 Å². The van der Waals surface area contributed by atoms with Gasteiger partial charge in [0.05, 0.1) is 11.9 Å². The highest BCUT2D eigenvalue weighted by molar-refractivity contribution is 5.79. The lowest BCUT2D eigenvalue weighted by Gasteiger charge is -2.07. The smallest absolute Gasteiger partial charge is 0.164 e. The second-order valence-corrected chi connectivity index (χ2v) is 3.22. The first-order valence-electron chi connectivity index (χ1n) is 4.63. The molecule has 0 bridgehead atoms. The monoisotopic (exact) mass is 213 g/mol. The molecular formula is C12H8FN3. The molecule has 2 N–H and O–H groups in total. The molecular weight excluding hydrogens is 205 g/mol. The van der Waals surface area contributed by atoms with Crippen LogP contribution in [0.1, 0.15) is 5.69 Å². The summed E-state index contributed by atoms with van der Waals surface area (Å²) in [5.74, 6) is -0.525. The Morgan fingerprint density at radius 3 is 2.56 bits per heavy atom. The largest absolute Gasteiger partial charge is 0.396 e. The van der Waals surface area contributed by atoms with Gasteiger partial charge < -0.3 is 5.73 Å². The number of nitriles is 1. The number of anilines is 1. The van der Waals surface area contributed by atoms with Gasteiger partial charge in [-0.05, 0) is 5.56 Å². The van der Waals surface area contributed by atoms with E-state index in [2.05, 4.69) is 4.98 Å². The Hall–Kier alpha value is -2.41. The van der Waals surface area contributed by atoms with Crippen molar-refractivity contribution < 1.29 is 4.39 Å². The summed E-state index contributed by atoms with van der Waals surface area (Å²) in [5, 5.41) is 8.77. The maximum absolute atomic E-state index is 13.6. The summed E-state index contributed by atoms with van der Waals surface area (Å²) in [6.45, 7) is 0. The summed E-state index contributed by atoms with van der Waals surface area (Å²) in [6.07, 6.45) is 1.01. The van der Waals surface area contributed by atoms with Gasteiger partial charge in [0.15, 0.2) is 11.5 Å². The van der Waals surface area contributed by atoms with Crippen LogP contribution in [0.5, 0.6) is 0 Å². The molecule has 0 radical (unpaired) electrons. The Bertz CT molecular complexity index is 558. The summed E-state index contributed by atoms with van der Waals surface area (Å²) in [4.78, 5) is 3.62.